The minimum Gasteiger partial charge on any atom is -0.493 e. The Hall–Kier alpha value is -2.61. The first-order valence-electron chi connectivity index (χ1n) is 5.63. The fraction of sp³-hybridized carbons (Fsp3) is 0.250. The van der Waals surface area contributed by atoms with Crippen LogP contribution >= 0.6 is 0 Å². The van der Waals surface area contributed by atoms with Gasteiger partial charge in [-0.2, -0.15) is 4.98 Å². The van der Waals surface area contributed by atoms with Gasteiger partial charge in [0, 0.05) is 0 Å². The van der Waals surface area contributed by atoms with Crippen molar-refractivity contribution >= 4 is 5.97 Å². The predicted octanol–water partition coefficient (Wildman–Crippen LogP) is 0.911. The van der Waals surface area contributed by atoms with Crippen molar-refractivity contribution < 1.29 is 23.9 Å². The quantitative estimate of drug-likeness (QED) is 0.828. The van der Waals surface area contributed by atoms with Gasteiger partial charge in [0.25, 0.3) is 0 Å². The fourth-order valence-electron chi connectivity index (χ4n) is 1.70. The first-order valence-corrected chi connectivity index (χ1v) is 5.63. The van der Waals surface area contributed by atoms with E-state index in [2.05, 4.69) is 10.1 Å². The molecule has 1 aromatic carbocycles. The molecule has 0 aliphatic rings. The zero-order chi connectivity index (χ0) is 14.7. The Bertz CT molecular complexity index is 638. The maximum absolute atomic E-state index is 11.1. The molecule has 0 saturated heterocycles. The summed E-state index contributed by atoms with van der Waals surface area (Å²) in [6, 6.07) is 2.74. The van der Waals surface area contributed by atoms with Crippen molar-refractivity contribution in [3.05, 3.63) is 23.6 Å². The summed E-state index contributed by atoms with van der Waals surface area (Å²) in [4.78, 5) is 15.2. The predicted molar refractivity (Wildman–Crippen MR) is 67.7 cm³/mol. The number of carboxylic acids is 1. The molecule has 106 valence electrons. The molecule has 0 bridgehead atoms. The Balaban J connectivity index is 2.65. The van der Waals surface area contributed by atoms with Gasteiger partial charge in [0.1, 0.15) is 0 Å². The zero-order valence-electron chi connectivity index (χ0n) is 10.9. The van der Waals surface area contributed by atoms with Gasteiger partial charge in [-0.05, 0) is 12.1 Å². The number of methoxy groups -OCH3 is 2. The lowest BCUT2D eigenvalue weighted by Gasteiger charge is -2.11. The Morgan fingerprint density at radius 2 is 2.15 bits per heavy atom. The third-order valence-electron chi connectivity index (χ3n) is 2.61. The van der Waals surface area contributed by atoms with Gasteiger partial charge in [-0.15, -0.1) is 0 Å². The molecule has 0 fully saturated rings. The molecule has 20 heavy (non-hydrogen) atoms. The maximum atomic E-state index is 11.1. The van der Waals surface area contributed by atoms with E-state index in [1.165, 1.54) is 26.4 Å². The van der Waals surface area contributed by atoms with Crippen LogP contribution < -0.4 is 15.2 Å². The van der Waals surface area contributed by atoms with Crippen LogP contribution in [0, 0.1) is 0 Å². The van der Waals surface area contributed by atoms with Crippen LogP contribution in [0.5, 0.6) is 11.5 Å². The number of nitrogens with two attached hydrogens (primary N) is 1. The SMILES string of the molecule is COc1cc(C(=O)O)cc(-c2noc(CN)n2)c1OC. The maximum Gasteiger partial charge on any atom is 0.335 e. The van der Waals surface area contributed by atoms with E-state index in [0.29, 0.717) is 11.3 Å². The number of aromatic carboxylic acids is 1. The summed E-state index contributed by atoms with van der Waals surface area (Å²) in [6.45, 7) is 0.0884. The van der Waals surface area contributed by atoms with Crippen LogP contribution in [0.15, 0.2) is 16.7 Å². The molecule has 0 radical (unpaired) electrons. The third-order valence-corrected chi connectivity index (χ3v) is 2.61. The number of ether oxygens (including phenoxy) is 2. The summed E-state index contributed by atoms with van der Waals surface area (Å²) in [5.74, 6) is -0.0939. The second-order valence-electron chi connectivity index (χ2n) is 3.78. The summed E-state index contributed by atoms with van der Waals surface area (Å²) in [6.07, 6.45) is 0. The highest BCUT2D eigenvalue weighted by Crippen LogP contribution is 2.38. The van der Waals surface area contributed by atoms with Crippen LogP contribution in [0.1, 0.15) is 16.2 Å². The normalized spacial score (nSPS) is 10.3. The van der Waals surface area contributed by atoms with E-state index < -0.39 is 5.97 Å². The second-order valence-corrected chi connectivity index (χ2v) is 3.78. The number of carboxylic acid groups (broad SMARTS) is 1. The van der Waals surface area contributed by atoms with Crippen molar-refractivity contribution in [2.24, 2.45) is 5.73 Å². The van der Waals surface area contributed by atoms with Gasteiger partial charge in [-0.25, -0.2) is 4.79 Å². The highest BCUT2D eigenvalue weighted by molar-refractivity contribution is 5.91. The number of benzene rings is 1. The lowest BCUT2D eigenvalue weighted by molar-refractivity contribution is 0.0696. The Kier molecular flexibility index (Phi) is 3.85. The standard InChI is InChI=1S/C12H13N3O5/c1-18-8-4-6(12(16)17)3-7(10(8)19-2)11-14-9(5-13)20-15-11/h3-4H,5,13H2,1-2H3,(H,16,17). The van der Waals surface area contributed by atoms with Gasteiger partial charge in [0.05, 0.1) is 31.9 Å². The highest BCUT2D eigenvalue weighted by Gasteiger charge is 2.20. The van der Waals surface area contributed by atoms with E-state index in [1.54, 1.807) is 0 Å². The van der Waals surface area contributed by atoms with E-state index in [0.717, 1.165) is 0 Å². The smallest absolute Gasteiger partial charge is 0.335 e. The van der Waals surface area contributed by atoms with Crippen LogP contribution in [-0.4, -0.2) is 35.4 Å². The molecule has 1 aromatic heterocycles. The van der Waals surface area contributed by atoms with Crippen molar-refractivity contribution in [1.82, 2.24) is 10.1 Å². The van der Waals surface area contributed by atoms with E-state index in [1.807, 2.05) is 0 Å². The molecule has 0 spiro atoms. The van der Waals surface area contributed by atoms with Crippen molar-refractivity contribution in [2.45, 2.75) is 6.54 Å². The Labute approximate surface area is 114 Å². The van der Waals surface area contributed by atoms with Gasteiger partial charge in [0.15, 0.2) is 11.5 Å². The summed E-state index contributed by atoms with van der Waals surface area (Å²) in [5, 5.41) is 12.9. The van der Waals surface area contributed by atoms with Gasteiger partial charge < -0.3 is 24.8 Å². The monoisotopic (exact) mass is 279 g/mol. The summed E-state index contributed by atoms with van der Waals surface area (Å²) < 4.78 is 15.3. The second kappa shape index (κ2) is 5.57. The van der Waals surface area contributed by atoms with Crippen molar-refractivity contribution in [3.63, 3.8) is 0 Å². The van der Waals surface area contributed by atoms with Crippen LogP contribution in [0.4, 0.5) is 0 Å². The summed E-state index contributed by atoms with van der Waals surface area (Å²) in [7, 11) is 2.85. The summed E-state index contributed by atoms with van der Waals surface area (Å²) in [5.41, 5.74) is 5.78. The molecular formula is C12H13N3O5. The van der Waals surface area contributed by atoms with E-state index in [9.17, 15) is 4.79 Å². The fourth-order valence-corrected chi connectivity index (χ4v) is 1.70. The molecule has 3 N–H and O–H groups in total. The zero-order valence-corrected chi connectivity index (χ0v) is 10.9. The molecule has 0 atom stereocenters. The number of hydrogen-bond acceptors (Lipinski definition) is 7. The molecule has 8 nitrogen and oxygen atoms in total. The van der Waals surface area contributed by atoms with Crippen LogP contribution in [0.3, 0.4) is 0 Å². The molecule has 0 amide bonds. The number of carbonyl (C=O) groups is 1. The molecule has 2 aromatic rings. The number of rotatable bonds is 5. The van der Waals surface area contributed by atoms with Crippen LogP contribution in [-0.2, 0) is 6.54 Å². The molecule has 8 heteroatoms. The first kappa shape index (κ1) is 13.8. The highest BCUT2D eigenvalue weighted by atomic mass is 16.5. The minimum atomic E-state index is -1.10. The van der Waals surface area contributed by atoms with E-state index in [-0.39, 0.29) is 29.6 Å². The Morgan fingerprint density at radius 3 is 2.65 bits per heavy atom. The topological polar surface area (TPSA) is 121 Å². The summed E-state index contributed by atoms with van der Waals surface area (Å²) >= 11 is 0. The molecule has 2 rings (SSSR count). The molecular weight excluding hydrogens is 266 g/mol. The molecule has 0 unspecified atom stereocenters. The van der Waals surface area contributed by atoms with Gasteiger partial charge in [-0.1, -0.05) is 5.16 Å². The number of aromatic nitrogens is 2. The van der Waals surface area contributed by atoms with Crippen molar-refractivity contribution in [2.75, 3.05) is 14.2 Å². The van der Waals surface area contributed by atoms with E-state index in [4.69, 9.17) is 24.8 Å². The first-order chi connectivity index (χ1) is 9.60. The van der Waals surface area contributed by atoms with Crippen molar-refractivity contribution in [3.8, 4) is 22.9 Å². The minimum absolute atomic E-state index is 0.0248. The lowest BCUT2D eigenvalue weighted by atomic mass is 10.1. The van der Waals surface area contributed by atoms with E-state index >= 15 is 0 Å². The number of hydrogen-bond donors (Lipinski definition) is 2. The molecule has 1 heterocycles. The lowest BCUT2D eigenvalue weighted by Crippen LogP contribution is -2.01. The molecule has 0 aliphatic heterocycles. The molecule has 0 aliphatic carbocycles. The average molecular weight is 279 g/mol. The largest absolute Gasteiger partial charge is 0.493 e. The van der Waals surface area contributed by atoms with Crippen molar-refractivity contribution in [1.29, 1.82) is 0 Å². The Morgan fingerprint density at radius 1 is 1.40 bits per heavy atom. The van der Waals surface area contributed by atoms with Crippen LogP contribution in [0.25, 0.3) is 11.4 Å². The number of nitrogens with zero attached hydrogens (tertiary/aromatic N) is 2. The van der Waals surface area contributed by atoms with Gasteiger partial charge in [-0.3, -0.25) is 0 Å². The third kappa shape index (κ3) is 2.41. The van der Waals surface area contributed by atoms with Gasteiger partial charge >= 0.3 is 5.97 Å². The van der Waals surface area contributed by atoms with Crippen LogP contribution in [0.2, 0.25) is 0 Å². The average Bonchev–Trinajstić information content (AvgIpc) is 2.94. The molecule has 0 saturated carbocycles. The van der Waals surface area contributed by atoms with Gasteiger partial charge in [0.2, 0.25) is 11.7 Å².